The number of hydrogen-bond acceptors (Lipinski definition) is 9. The van der Waals surface area contributed by atoms with Crippen molar-refractivity contribution in [1.29, 1.82) is 0 Å². The number of aliphatic hydroxyl groups excluding tert-OH is 3. The van der Waals surface area contributed by atoms with E-state index in [4.69, 9.17) is 0 Å². The van der Waals surface area contributed by atoms with Crippen molar-refractivity contribution >= 4 is 28.9 Å². The molecule has 0 fully saturated rings. The van der Waals surface area contributed by atoms with Crippen LogP contribution in [0.3, 0.4) is 0 Å². The van der Waals surface area contributed by atoms with E-state index in [0.29, 0.717) is 18.1 Å². The van der Waals surface area contributed by atoms with Gasteiger partial charge in [0, 0.05) is 12.1 Å². The van der Waals surface area contributed by atoms with Crippen LogP contribution in [0.25, 0.3) is 16.8 Å². The molecule has 0 aliphatic heterocycles. The highest BCUT2D eigenvalue weighted by Gasteiger charge is 2.21. The zero-order valence-electron chi connectivity index (χ0n) is 18.5. The Morgan fingerprint density at radius 2 is 1.82 bits per heavy atom. The molecule has 0 amide bonds. The molecule has 1 aromatic carbocycles. The van der Waals surface area contributed by atoms with Gasteiger partial charge in [0.2, 0.25) is 11.9 Å². The minimum absolute atomic E-state index is 0.194. The van der Waals surface area contributed by atoms with Gasteiger partial charge in [0.25, 0.3) is 0 Å². The molecule has 0 aliphatic rings. The molecule has 0 aliphatic carbocycles. The maximum absolute atomic E-state index is 9.95. The molecule has 0 bridgehead atoms. The Morgan fingerprint density at radius 1 is 1.03 bits per heavy atom. The molecule has 2 atom stereocenters. The van der Waals surface area contributed by atoms with E-state index in [1.165, 1.54) is 11.1 Å². The summed E-state index contributed by atoms with van der Waals surface area (Å²) in [6, 6.07) is 9.62. The zero-order valence-corrected chi connectivity index (χ0v) is 19.3. The Morgan fingerprint density at radius 3 is 2.45 bits per heavy atom. The highest BCUT2D eigenvalue weighted by atomic mass is 32.1. The molecular formula is C23H28N6O3S. The average molecular weight is 469 g/mol. The van der Waals surface area contributed by atoms with Crippen molar-refractivity contribution in [2.45, 2.75) is 38.5 Å². The highest BCUT2D eigenvalue weighted by molar-refractivity contribution is 7.08. The number of thiophene rings is 1. The molecule has 174 valence electrons. The van der Waals surface area contributed by atoms with Gasteiger partial charge in [0.1, 0.15) is 0 Å². The van der Waals surface area contributed by atoms with Crippen molar-refractivity contribution in [1.82, 2.24) is 19.6 Å². The summed E-state index contributed by atoms with van der Waals surface area (Å²) >= 11 is 1.67. The number of aliphatic hydroxyl groups is 3. The third-order valence-electron chi connectivity index (χ3n) is 5.44. The van der Waals surface area contributed by atoms with Crippen LogP contribution in [0.5, 0.6) is 0 Å². The molecule has 3 aromatic heterocycles. The molecule has 0 radical (unpaired) electrons. The molecule has 9 nitrogen and oxygen atoms in total. The first-order valence-corrected chi connectivity index (χ1v) is 11.7. The SMILES string of the molecule is CC(C)c1cnn2c(NCc3ccc(-c4ccsc4)cc3)nc(N[C@@H](CO)[C@H](O)CO)nc12. The lowest BCUT2D eigenvalue weighted by Gasteiger charge is -2.21. The van der Waals surface area contributed by atoms with Crippen molar-refractivity contribution in [3.63, 3.8) is 0 Å². The maximum Gasteiger partial charge on any atom is 0.229 e. The van der Waals surface area contributed by atoms with Crippen molar-refractivity contribution in [3.05, 3.63) is 58.4 Å². The summed E-state index contributed by atoms with van der Waals surface area (Å²) in [6.45, 7) is 3.76. The van der Waals surface area contributed by atoms with Gasteiger partial charge in [-0.25, -0.2) is 0 Å². The van der Waals surface area contributed by atoms with Gasteiger partial charge in [-0.05, 0) is 39.4 Å². The fraction of sp³-hybridized carbons (Fsp3) is 0.348. The molecule has 4 rings (SSSR count). The Balaban J connectivity index is 1.60. The van der Waals surface area contributed by atoms with Crippen LogP contribution in [0.1, 0.15) is 30.9 Å². The van der Waals surface area contributed by atoms with E-state index < -0.39 is 18.8 Å². The van der Waals surface area contributed by atoms with Gasteiger partial charge in [0.15, 0.2) is 5.65 Å². The Labute approximate surface area is 195 Å². The number of nitrogens with one attached hydrogen (secondary N) is 2. The highest BCUT2D eigenvalue weighted by Crippen LogP contribution is 2.24. The van der Waals surface area contributed by atoms with Crippen LogP contribution >= 0.6 is 11.3 Å². The average Bonchev–Trinajstić information content (AvgIpc) is 3.51. The lowest BCUT2D eigenvalue weighted by Crippen LogP contribution is -2.39. The van der Waals surface area contributed by atoms with Crippen LogP contribution in [0.4, 0.5) is 11.9 Å². The van der Waals surface area contributed by atoms with Crippen LogP contribution in [0.2, 0.25) is 0 Å². The molecule has 10 heteroatoms. The standard InChI is InChI=1S/C23H28N6O3S/c1-14(2)18-10-25-29-21(18)27-22(26-19(11-30)20(32)12-31)28-23(29)24-9-15-3-5-16(6-4-15)17-7-8-33-13-17/h3-8,10,13-14,19-20,30-32H,9,11-12H2,1-2H3,(H2,24,26,27,28)/t19-,20+/m0/s1. The molecule has 0 unspecified atom stereocenters. The largest absolute Gasteiger partial charge is 0.394 e. The second-order valence-corrected chi connectivity index (χ2v) is 8.89. The number of anilines is 2. The van der Waals surface area contributed by atoms with Crippen LogP contribution in [0, 0.1) is 0 Å². The Hall–Kier alpha value is -3.05. The quantitative estimate of drug-likeness (QED) is 0.240. The summed E-state index contributed by atoms with van der Waals surface area (Å²) in [5, 5.41) is 43.7. The first-order chi connectivity index (χ1) is 16.0. The van der Waals surface area contributed by atoms with E-state index in [1.807, 2.05) is 0 Å². The third kappa shape index (κ3) is 5.14. The van der Waals surface area contributed by atoms with E-state index in [9.17, 15) is 15.3 Å². The van der Waals surface area contributed by atoms with Crippen LogP contribution < -0.4 is 10.6 Å². The van der Waals surface area contributed by atoms with Gasteiger partial charge in [-0.3, -0.25) is 0 Å². The monoisotopic (exact) mass is 468 g/mol. The van der Waals surface area contributed by atoms with Crippen molar-refractivity contribution in [3.8, 4) is 11.1 Å². The first kappa shape index (κ1) is 23.1. The number of rotatable bonds is 10. The number of aromatic nitrogens is 4. The number of benzene rings is 1. The van der Waals surface area contributed by atoms with Crippen LogP contribution in [-0.4, -0.2) is 60.3 Å². The van der Waals surface area contributed by atoms with E-state index in [0.717, 1.165) is 11.1 Å². The fourth-order valence-electron chi connectivity index (χ4n) is 3.46. The lowest BCUT2D eigenvalue weighted by molar-refractivity contribution is 0.0610. The summed E-state index contributed by atoms with van der Waals surface area (Å²) < 4.78 is 1.65. The normalized spacial score (nSPS) is 13.4. The van der Waals surface area contributed by atoms with Crippen molar-refractivity contribution < 1.29 is 15.3 Å². The first-order valence-electron chi connectivity index (χ1n) is 10.8. The topological polar surface area (TPSA) is 128 Å². The smallest absolute Gasteiger partial charge is 0.229 e. The molecule has 3 heterocycles. The number of hydrogen-bond donors (Lipinski definition) is 5. The van der Waals surface area contributed by atoms with E-state index in [-0.39, 0.29) is 18.5 Å². The molecule has 5 N–H and O–H groups in total. The van der Waals surface area contributed by atoms with Gasteiger partial charge < -0.3 is 26.0 Å². The second kappa shape index (κ2) is 10.3. The summed E-state index contributed by atoms with van der Waals surface area (Å²) in [4.78, 5) is 9.07. The maximum atomic E-state index is 9.95. The molecule has 0 saturated heterocycles. The zero-order chi connectivity index (χ0) is 23.4. The van der Waals surface area contributed by atoms with E-state index >= 15 is 0 Å². The van der Waals surface area contributed by atoms with Gasteiger partial charge in [-0.2, -0.15) is 30.9 Å². The summed E-state index contributed by atoms with van der Waals surface area (Å²) in [6.07, 6.45) is 0.619. The van der Waals surface area contributed by atoms with Crippen molar-refractivity contribution in [2.75, 3.05) is 23.8 Å². The minimum Gasteiger partial charge on any atom is -0.394 e. The number of fused-ring (bicyclic) bond motifs is 1. The molecule has 0 spiro atoms. The second-order valence-electron chi connectivity index (χ2n) is 8.11. The van der Waals surface area contributed by atoms with Gasteiger partial charge in [0.05, 0.1) is 31.6 Å². The van der Waals surface area contributed by atoms with Gasteiger partial charge >= 0.3 is 0 Å². The predicted molar refractivity (Wildman–Crippen MR) is 130 cm³/mol. The summed E-state index contributed by atoms with van der Waals surface area (Å²) in [5.41, 5.74) is 5.03. The van der Waals surface area contributed by atoms with E-state index in [1.54, 1.807) is 22.0 Å². The molecule has 33 heavy (non-hydrogen) atoms. The fourth-order valence-corrected chi connectivity index (χ4v) is 4.13. The van der Waals surface area contributed by atoms with Crippen molar-refractivity contribution in [2.24, 2.45) is 0 Å². The predicted octanol–water partition coefficient (Wildman–Crippen LogP) is 2.71. The van der Waals surface area contributed by atoms with Gasteiger partial charge in [-0.1, -0.05) is 38.1 Å². The summed E-state index contributed by atoms with van der Waals surface area (Å²) in [5.74, 6) is 0.901. The minimum atomic E-state index is -1.15. The van der Waals surface area contributed by atoms with Gasteiger partial charge in [-0.15, -0.1) is 0 Å². The lowest BCUT2D eigenvalue weighted by atomic mass is 10.1. The Bertz CT molecular complexity index is 1180. The third-order valence-corrected chi connectivity index (χ3v) is 6.12. The Kier molecular flexibility index (Phi) is 7.19. The molecule has 4 aromatic rings. The molecule has 0 saturated carbocycles. The van der Waals surface area contributed by atoms with E-state index in [2.05, 4.69) is 80.6 Å². The molecular weight excluding hydrogens is 440 g/mol. The number of nitrogens with zero attached hydrogens (tertiary/aromatic N) is 4. The van der Waals surface area contributed by atoms with Crippen LogP contribution in [-0.2, 0) is 6.54 Å². The van der Waals surface area contributed by atoms with Crippen LogP contribution in [0.15, 0.2) is 47.3 Å². The summed E-state index contributed by atoms with van der Waals surface area (Å²) in [7, 11) is 0.